The molecule has 1 heterocycles. The number of Topliss-reactive ketones (excluding diaryl/α,β-unsaturated/α-hetero) is 1. The van der Waals surface area contributed by atoms with E-state index in [2.05, 4.69) is 4.98 Å². The zero-order chi connectivity index (χ0) is 16.2. The largest absolute Gasteiger partial charge is 0.497 e. The Balaban J connectivity index is 2.04. The van der Waals surface area contributed by atoms with E-state index in [1.165, 1.54) is 0 Å². The monoisotopic (exact) mass is 303 g/mol. The lowest BCUT2D eigenvalue weighted by molar-refractivity contribution is 0.101. The molecule has 3 nitrogen and oxygen atoms in total. The molecule has 0 aliphatic heterocycles. The van der Waals surface area contributed by atoms with Crippen molar-refractivity contribution in [3.8, 4) is 28.1 Å². The average molecular weight is 303 g/mol. The second kappa shape index (κ2) is 6.44. The number of nitrogens with zero attached hydrogens (tertiary/aromatic N) is 1. The number of methoxy groups -OCH3 is 1. The summed E-state index contributed by atoms with van der Waals surface area (Å²) >= 11 is 0. The molecule has 3 aromatic rings. The van der Waals surface area contributed by atoms with Gasteiger partial charge in [0.25, 0.3) is 0 Å². The van der Waals surface area contributed by atoms with Gasteiger partial charge in [0.05, 0.1) is 12.8 Å². The smallest absolute Gasteiger partial charge is 0.159 e. The number of hydrogen-bond donors (Lipinski definition) is 0. The van der Waals surface area contributed by atoms with Gasteiger partial charge < -0.3 is 4.74 Å². The van der Waals surface area contributed by atoms with Crippen LogP contribution < -0.4 is 4.74 Å². The number of hydrogen-bond acceptors (Lipinski definition) is 3. The fraction of sp³-hybridized carbons (Fsp3) is 0.100. The molecule has 0 bridgehead atoms. The van der Waals surface area contributed by atoms with Crippen LogP contribution in [0.15, 0.2) is 66.9 Å². The Morgan fingerprint density at radius 3 is 2.17 bits per heavy atom. The maximum Gasteiger partial charge on any atom is 0.159 e. The van der Waals surface area contributed by atoms with Gasteiger partial charge in [-0.25, -0.2) is 0 Å². The molecule has 2 aromatic carbocycles. The van der Waals surface area contributed by atoms with E-state index in [0.29, 0.717) is 5.56 Å². The standard InChI is InChI=1S/C20H17NO2/c1-14(22)15-5-7-16(8-6-15)19-4-3-13-21-20(19)17-9-11-18(23-2)12-10-17/h3-13H,1-2H3. The van der Waals surface area contributed by atoms with E-state index < -0.39 is 0 Å². The van der Waals surface area contributed by atoms with Crippen LogP contribution in [0.5, 0.6) is 5.75 Å². The maximum absolute atomic E-state index is 11.4. The van der Waals surface area contributed by atoms with Crippen LogP contribution in [-0.4, -0.2) is 17.9 Å². The molecule has 0 spiro atoms. The highest BCUT2D eigenvalue weighted by Crippen LogP contribution is 2.31. The minimum Gasteiger partial charge on any atom is -0.497 e. The van der Waals surface area contributed by atoms with Crippen molar-refractivity contribution in [1.29, 1.82) is 0 Å². The van der Waals surface area contributed by atoms with Crippen molar-refractivity contribution < 1.29 is 9.53 Å². The molecule has 114 valence electrons. The molecule has 0 fully saturated rings. The Morgan fingerprint density at radius 1 is 0.913 bits per heavy atom. The van der Waals surface area contributed by atoms with E-state index in [1.807, 2.05) is 60.7 Å². The van der Waals surface area contributed by atoms with Crippen molar-refractivity contribution in [2.45, 2.75) is 6.92 Å². The first-order chi connectivity index (χ1) is 11.2. The molecular formula is C20H17NO2. The van der Waals surface area contributed by atoms with E-state index in [4.69, 9.17) is 4.74 Å². The first-order valence-corrected chi connectivity index (χ1v) is 7.40. The number of pyridine rings is 1. The van der Waals surface area contributed by atoms with Gasteiger partial charge in [-0.1, -0.05) is 30.3 Å². The third-order valence-electron chi connectivity index (χ3n) is 3.77. The van der Waals surface area contributed by atoms with Crippen LogP contribution in [0.4, 0.5) is 0 Å². The predicted octanol–water partition coefficient (Wildman–Crippen LogP) is 4.63. The predicted molar refractivity (Wildman–Crippen MR) is 91.7 cm³/mol. The number of rotatable bonds is 4. The second-order valence-corrected chi connectivity index (χ2v) is 5.26. The normalized spacial score (nSPS) is 10.3. The summed E-state index contributed by atoms with van der Waals surface area (Å²) in [7, 11) is 1.65. The van der Waals surface area contributed by atoms with Crippen LogP contribution in [0.1, 0.15) is 17.3 Å². The van der Waals surface area contributed by atoms with Crippen molar-refractivity contribution in [1.82, 2.24) is 4.98 Å². The quantitative estimate of drug-likeness (QED) is 0.660. The molecule has 0 aliphatic carbocycles. The molecule has 3 heteroatoms. The number of carbonyl (C=O) groups is 1. The molecule has 0 unspecified atom stereocenters. The van der Waals surface area contributed by atoms with Crippen LogP contribution in [-0.2, 0) is 0 Å². The highest BCUT2D eigenvalue weighted by atomic mass is 16.5. The number of aromatic nitrogens is 1. The zero-order valence-electron chi connectivity index (χ0n) is 13.1. The molecule has 23 heavy (non-hydrogen) atoms. The third kappa shape index (κ3) is 3.14. The summed E-state index contributed by atoms with van der Waals surface area (Å²) in [4.78, 5) is 15.9. The summed E-state index contributed by atoms with van der Waals surface area (Å²) in [6, 6.07) is 19.4. The van der Waals surface area contributed by atoms with Crippen LogP contribution in [0.25, 0.3) is 22.4 Å². The number of ether oxygens (including phenoxy) is 1. The number of carbonyl (C=O) groups excluding carboxylic acids is 1. The average Bonchev–Trinajstić information content (AvgIpc) is 2.62. The van der Waals surface area contributed by atoms with E-state index in [1.54, 1.807) is 20.2 Å². The van der Waals surface area contributed by atoms with Crippen LogP contribution >= 0.6 is 0 Å². The van der Waals surface area contributed by atoms with E-state index in [-0.39, 0.29) is 5.78 Å². The molecule has 0 saturated carbocycles. The molecular weight excluding hydrogens is 286 g/mol. The Bertz CT molecular complexity index is 821. The number of ketones is 1. The van der Waals surface area contributed by atoms with Gasteiger partial charge in [-0.2, -0.15) is 0 Å². The topological polar surface area (TPSA) is 39.2 Å². The van der Waals surface area contributed by atoms with Crippen LogP contribution in [0.3, 0.4) is 0 Å². The van der Waals surface area contributed by atoms with Crippen molar-refractivity contribution >= 4 is 5.78 Å². The van der Waals surface area contributed by atoms with E-state index >= 15 is 0 Å². The van der Waals surface area contributed by atoms with E-state index in [0.717, 1.165) is 28.1 Å². The molecule has 1 aromatic heterocycles. The van der Waals surface area contributed by atoms with Crippen molar-refractivity contribution in [3.63, 3.8) is 0 Å². The lowest BCUT2D eigenvalue weighted by atomic mass is 9.98. The van der Waals surface area contributed by atoms with Gasteiger partial charge in [0.1, 0.15) is 5.75 Å². The van der Waals surface area contributed by atoms with Gasteiger partial charge in [0, 0.05) is 22.9 Å². The zero-order valence-corrected chi connectivity index (χ0v) is 13.1. The summed E-state index contributed by atoms with van der Waals surface area (Å²) in [5.41, 5.74) is 4.72. The fourth-order valence-electron chi connectivity index (χ4n) is 2.50. The first-order valence-electron chi connectivity index (χ1n) is 7.40. The lowest BCUT2D eigenvalue weighted by Gasteiger charge is -2.10. The number of benzene rings is 2. The Labute approximate surface area is 135 Å². The van der Waals surface area contributed by atoms with Gasteiger partial charge >= 0.3 is 0 Å². The Kier molecular flexibility index (Phi) is 4.20. The summed E-state index contributed by atoms with van der Waals surface area (Å²) in [5, 5.41) is 0. The molecule has 0 saturated heterocycles. The highest BCUT2D eigenvalue weighted by molar-refractivity contribution is 5.94. The highest BCUT2D eigenvalue weighted by Gasteiger charge is 2.09. The maximum atomic E-state index is 11.4. The van der Waals surface area contributed by atoms with Gasteiger partial charge in [0.2, 0.25) is 0 Å². The van der Waals surface area contributed by atoms with Crippen molar-refractivity contribution in [3.05, 3.63) is 72.4 Å². The molecule has 0 atom stereocenters. The summed E-state index contributed by atoms with van der Waals surface area (Å²) < 4.78 is 5.20. The molecule has 3 rings (SSSR count). The summed E-state index contributed by atoms with van der Waals surface area (Å²) in [5.74, 6) is 0.884. The summed E-state index contributed by atoms with van der Waals surface area (Å²) in [6.07, 6.45) is 1.78. The molecule has 0 N–H and O–H groups in total. The van der Waals surface area contributed by atoms with Crippen molar-refractivity contribution in [2.75, 3.05) is 7.11 Å². The SMILES string of the molecule is COc1ccc(-c2ncccc2-c2ccc(C(C)=O)cc2)cc1. The van der Waals surface area contributed by atoms with Gasteiger partial charge in [-0.15, -0.1) is 0 Å². The van der Waals surface area contributed by atoms with Gasteiger partial charge in [-0.05, 0) is 42.8 Å². The fourth-order valence-corrected chi connectivity index (χ4v) is 2.50. The summed E-state index contributed by atoms with van der Waals surface area (Å²) in [6.45, 7) is 1.57. The van der Waals surface area contributed by atoms with E-state index in [9.17, 15) is 4.79 Å². The van der Waals surface area contributed by atoms with Gasteiger partial charge in [-0.3, -0.25) is 9.78 Å². The lowest BCUT2D eigenvalue weighted by Crippen LogP contribution is -1.93. The minimum atomic E-state index is 0.0677. The van der Waals surface area contributed by atoms with Crippen LogP contribution in [0, 0.1) is 0 Å². The second-order valence-electron chi connectivity index (χ2n) is 5.26. The Hall–Kier alpha value is -2.94. The van der Waals surface area contributed by atoms with Crippen molar-refractivity contribution in [2.24, 2.45) is 0 Å². The van der Waals surface area contributed by atoms with Crippen LogP contribution in [0.2, 0.25) is 0 Å². The minimum absolute atomic E-state index is 0.0677. The molecule has 0 amide bonds. The van der Waals surface area contributed by atoms with Gasteiger partial charge in [0.15, 0.2) is 5.78 Å². The first kappa shape index (κ1) is 15.0. The Morgan fingerprint density at radius 2 is 1.57 bits per heavy atom. The third-order valence-corrected chi connectivity index (χ3v) is 3.77. The molecule has 0 aliphatic rings. The molecule has 0 radical (unpaired) electrons.